The molecule has 0 spiro atoms. The van der Waals surface area contributed by atoms with Crippen molar-refractivity contribution in [2.45, 2.75) is 12.2 Å². The quantitative estimate of drug-likeness (QED) is 0.562. The highest BCUT2D eigenvalue weighted by Gasteiger charge is 2.29. The van der Waals surface area contributed by atoms with Gasteiger partial charge in [0.15, 0.2) is 0 Å². The number of piperazine rings is 1. The molecule has 0 radical (unpaired) electrons. The third-order valence-electron chi connectivity index (χ3n) is 1.82. The fraction of sp³-hybridized carbons (Fsp3) is 0.857. The van der Waals surface area contributed by atoms with E-state index in [-0.39, 0.29) is 0 Å². The van der Waals surface area contributed by atoms with Gasteiger partial charge in [0, 0.05) is 19.6 Å². The molecule has 1 aliphatic heterocycles. The number of carbonyl (C=O) groups is 1. The first-order valence-corrected chi connectivity index (χ1v) is 4.27. The van der Waals surface area contributed by atoms with Crippen LogP contribution in [0.3, 0.4) is 0 Å². The molecule has 82 valence electrons. The van der Waals surface area contributed by atoms with Crippen LogP contribution in [-0.2, 0) is 4.79 Å². The van der Waals surface area contributed by atoms with Crippen LogP contribution in [0.25, 0.3) is 0 Å². The van der Waals surface area contributed by atoms with Crippen LogP contribution in [0.1, 0.15) is 0 Å². The number of rotatable bonds is 2. The van der Waals surface area contributed by atoms with E-state index >= 15 is 0 Å². The summed E-state index contributed by atoms with van der Waals surface area (Å²) in [6.45, 7) is 0.404. The zero-order chi connectivity index (χ0) is 10.6. The Labute approximate surface area is 79.2 Å². The standard InChI is InChI=1S/C7H12F3N3O/c8-7(9,10)4-13-6(14)5-3-11-1-2-12-5/h5,11-12H,1-4H2,(H,13,14). The van der Waals surface area contributed by atoms with Crippen LogP contribution in [0.15, 0.2) is 0 Å². The molecule has 0 aromatic carbocycles. The van der Waals surface area contributed by atoms with Crippen molar-refractivity contribution in [2.75, 3.05) is 26.2 Å². The molecule has 1 atom stereocenters. The SMILES string of the molecule is O=C(NCC(F)(F)F)C1CNCCN1. The topological polar surface area (TPSA) is 53.2 Å². The molecule has 3 N–H and O–H groups in total. The Kier molecular flexibility index (Phi) is 3.70. The second-order valence-electron chi connectivity index (χ2n) is 3.04. The van der Waals surface area contributed by atoms with Crippen LogP contribution in [0, 0.1) is 0 Å². The molecule has 1 fully saturated rings. The molecule has 1 saturated heterocycles. The Hall–Kier alpha value is -0.820. The second-order valence-corrected chi connectivity index (χ2v) is 3.04. The summed E-state index contributed by atoms with van der Waals surface area (Å²) in [5.41, 5.74) is 0. The first-order valence-electron chi connectivity index (χ1n) is 4.27. The molecule has 1 amide bonds. The van der Waals surface area contributed by atoms with Gasteiger partial charge in [0.05, 0.1) is 6.04 Å². The molecule has 0 aliphatic carbocycles. The molecular formula is C7H12F3N3O. The predicted molar refractivity (Wildman–Crippen MR) is 43.7 cm³/mol. The van der Waals surface area contributed by atoms with E-state index in [9.17, 15) is 18.0 Å². The Balaban J connectivity index is 2.27. The van der Waals surface area contributed by atoms with Crippen molar-refractivity contribution < 1.29 is 18.0 Å². The number of nitrogens with one attached hydrogen (secondary N) is 3. The van der Waals surface area contributed by atoms with E-state index in [0.29, 0.717) is 13.1 Å². The van der Waals surface area contributed by atoms with Crippen LogP contribution >= 0.6 is 0 Å². The minimum Gasteiger partial charge on any atom is -0.346 e. The van der Waals surface area contributed by atoms with Crippen molar-refractivity contribution in [3.8, 4) is 0 Å². The Morgan fingerprint density at radius 2 is 2.14 bits per heavy atom. The number of hydrogen-bond acceptors (Lipinski definition) is 3. The van der Waals surface area contributed by atoms with Gasteiger partial charge in [-0.05, 0) is 0 Å². The summed E-state index contributed by atoms with van der Waals surface area (Å²) in [5, 5.41) is 7.55. The average Bonchev–Trinajstić information content (AvgIpc) is 2.14. The summed E-state index contributed by atoms with van der Waals surface area (Å²) in [5.74, 6) is -0.616. The largest absolute Gasteiger partial charge is 0.405 e. The van der Waals surface area contributed by atoms with Crippen LogP contribution in [-0.4, -0.2) is 44.3 Å². The van der Waals surface area contributed by atoms with E-state index in [1.54, 1.807) is 0 Å². The van der Waals surface area contributed by atoms with Gasteiger partial charge >= 0.3 is 6.18 Å². The fourth-order valence-corrected chi connectivity index (χ4v) is 1.15. The third kappa shape index (κ3) is 3.93. The first-order chi connectivity index (χ1) is 6.49. The molecule has 1 rings (SSSR count). The highest BCUT2D eigenvalue weighted by molar-refractivity contribution is 5.82. The van der Waals surface area contributed by atoms with Gasteiger partial charge in [0.2, 0.25) is 5.91 Å². The van der Waals surface area contributed by atoms with Crippen LogP contribution in [0.2, 0.25) is 0 Å². The van der Waals surface area contributed by atoms with Crippen molar-refractivity contribution in [2.24, 2.45) is 0 Å². The number of carbonyl (C=O) groups excluding carboxylic acids is 1. The lowest BCUT2D eigenvalue weighted by atomic mass is 10.2. The molecule has 1 heterocycles. The van der Waals surface area contributed by atoms with Crippen LogP contribution in [0.5, 0.6) is 0 Å². The Morgan fingerprint density at radius 1 is 1.43 bits per heavy atom. The number of amides is 1. The van der Waals surface area contributed by atoms with Gasteiger partial charge in [0.1, 0.15) is 6.54 Å². The minimum atomic E-state index is -4.35. The molecule has 0 saturated carbocycles. The third-order valence-corrected chi connectivity index (χ3v) is 1.82. The van der Waals surface area contributed by atoms with E-state index < -0.39 is 24.7 Å². The minimum absolute atomic E-state index is 0.365. The lowest BCUT2D eigenvalue weighted by Gasteiger charge is -2.23. The van der Waals surface area contributed by atoms with Crippen molar-refractivity contribution in [3.63, 3.8) is 0 Å². The van der Waals surface area contributed by atoms with Crippen LogP contribution < -0.4 is 16.0 Å². The number of halogens is 3. The summed E-state index contributed by atoms with van der Waals surface area (Å²) in [6.07, 6.45) is -4.35. The Morgan fingerprint density at radius 3 is 2.64 bits per heavy atom. The monoisotopic (exact) mass is 211 g/mol. The van der Waals surface area contributed by atoms with Gasteiger partial charge in [-0.1, -0.05) is 0 Å². The van der Waals surface area contributed by atoms with Gasteiger partial charge in [-0.2, -0.15) is 13.2 Å². The van der Waals surface area contributed by atoms with Crippen LogP contribution in [0.4, 0.5) is 13.2 Å². The lowest BCUT2D eigenvalue weighted by Crippen LogP contribution is -2.56. The summed E-state index contributed by atoms with van der Waals surface area (Å²) < 4.78 is 35.2. The van der Waals surface area contributed by atoms with Gasteiger partial charge in [-0.25, -0.2) is 0 Å². The van der Waals surface area contributed by atoms with E-state index in [1.807, 2.05) is 5.32 Å². The molecule has 1 unspecified atom stereocenters. The normalized spacial score (nSPS) is 23.2. The zero-order valence-corrected chi connectivity index (χ0v) is 7.45. The Bertz CT molecular complexity index is 201. The average molecular weight is 211 g/mol. The van der Waals surface area contributed by atoms with Crippen molar-refractivity contribution in [1.29, 1.82) is 0 Å². The highest BCUT2D eigenvalue weighted by Crippen LogP contribution is 2.12. The van der Waals surface area contributed by atoms with E-state index in [0.717, 1.165) is 6.54 Å². The second kappa shape index (κ2) is 4.61. The first kappa shape index (κ1) is 11.3. The summed E-state index contributed by atoms with van der Waals surface area (Å²) >= 11 is 0. The molecule has 1 aliphatic rings. The van der Waals surface area contributed by atoms with Crippen molar-refractivity contribution >= 4 is 5.91 Å². The number of alkyl halides is 3. The highest BCUT2D eigenvalue weighted by atomic mass is 19.4. The molecule has 0 bridgehead atoms. The molecule has 0 aromatic heterocycles. The van der Waals surface area contributed by atoms with Gasteiger partial charge < -0.3 is 16.0 Å². The predicted octanol–water partition coefficient (Wildman–Crippen LogP) is -0.774. The maximum atomic E-state index is 11.7. The van der Waals surface area contributed by atoms with E-state index in [2.05, 4.69) is 10.6 Å². The summed E-state index contributed by atoms with van der Waals surface area (Å²) in [6, 6.07) is -0.564. The van der Waals surface area contributed by atoms with E-state index in [1.165, 1.54) is 0 Å². The summed E-state index contributed by atoms with van der Waals surface area (Å²) in [7, 11) is 0. The zero-order valence-electron chi connectivity index (χ0n) is 7.45. The number of hydrogen-bond donors (Lipinski definition) is 3. The smallest absolute Gasteiger partial charge is 0.346 e. The van der Waals surface area contributed by atoms with Crippen molar-refractivity contribution in [1.82, 2.24) is 16.0 Å². The summed E-state index contributed by atoms with van der Waals surface area (Å²) in [4.78, 5) is 11.1. The fourth-order valence-electron chi connectivity index (χ4n) is 1.15. The molecule has 7 heteroatoms. The maximum absolute atomic E-state index is 11.7. The molecular weight excluding hydrogens is 199 g/mol. The molecule has 0 aromatic rings. The van der Waals surface area contributed by atoms with Gasteiger partial charge in [-0.3, -0.25) is 4.79 Å². The van der Waals surface area contributed by atoms with Crippen molar-refractivity contribution in [3.05, 3.63) is 0 Å². The molecule has 4 nitrogen and oxygen atoms in total. The van der Waals surface area contributed by atoms with Gasteiger partial charge in [0.25, 0.3) is 0 Å². The lowest BCUT2D eigenvalue weighted by molar-refractivity contribution is -0.139. The molecule has 14 heavy (non-hydrogen) atoms. The maximum Gasteiger partial charge on any atom is 0.405 e. The van der Waals surface area contributed by atoms with E-state index in [4.69, 9.17) is 0 Å². The van der Waals surface area contributed by atoms with Gasteiger partial charge in [-0.15, -0.1) is 0 Å².